The van der Waals surface area contributed by atoms with Crippen LogP contribution in [0.5, 0.6) is 0 Å². The maximum Gasteiger partial charge on any atom is 0.243 e. The largest absolute Gasteiger partial charge is 0.355 e. The third-order valence-corrected chi connectivity index (χ3v) is 8.35. The van der Waals surface area contributed by atoms with Gasteiger partial charge in [0, 0.05) is 41.2 Å². The van der Waals surface area contributed by atoms with Crippen molar-refractivity contribution >= 4 is 50.9 Å². The number of amides is 1. The first-order valence-corrected chi connectivity index (χ1v) is 13.1. The lowest BCUT2D eigenvalue weighted by atomic mass is 9.99. The summed E-state index contributed by atoms with van der Waals surface area (Å²) in [6.07, 6.45) is 1.35. The van der Waals surface area contributed by atoms with Gasteiger partial charge in [0.05, 0.1) is 10.8 Å². The molecule has 0 aliphatic carbocycles. The van der Waals surface area contributed by atoms with Crippen molar-refractivity contribution in [2.24, 2.45) is 5.92 Å². The van der Waals surface area contributed by atoms with E-state index in [0.717, 1.165) is 16.5 Å². The Bertz CT molecular complexity index is 951. The van der Waals surface area contributed by atoms with Crippen molar-refractivity contribution in [3.63, 3.8) is 0 Å². The van der Waals surface area contributed by atoms with Crippen molar-refractivity contribution in [2.45, 2.75) is 23.5 Å². The van der Waals surface area contributed by atoms with Gasteiger partial charge in [0.2, 0.25) is 15.9 Å². The molecule has 1 aliphatic heterocycles. The van der Waals surface area contributed by atoms with E-state index in [9.17, 15) is 13.2 Å². The van der Waals surface area contributed by atoms with Crippen LogP contribution in [-0.4, -0.2) is 44.0 Å². The zero-order chi connectivity index (χ0) is 21.6. The zero-order valence-corrected chi connectivity index (χ0v) is 19.5. The summed E-state index contributed by atoms with van der Waals surface area (Å²) >= 11 is 13.5. The lowest BCUT2D eigenvalue weighted by Crippen LogP contribution is -2.45. The average molecular weight is 487 g/mol. The maximum atomic E-state index is 12.9. The second-order valence-electron chi connectivity index (χ2n) is 7.13. The van der Waals surface area contributed by atoms with Crippen LogP contribution >= 0.6 is 35.0 Å². The van der Waals surface area contributed by atoms with Crippen molar-refractivity contribution in [1.29, 1.82) is 0 Å². The van der Waals surface area contributed by atoms with Gasteiger partial charge in [0.25, 0.3) is 0 Å². The monoisotopic (exact) mass is 486 g/mol. The molecule has 0 spiro atoms. The number of thioether (sulfide) groups is 1. The molecular weight excluding hydrogens is 463 g/mol. The first-order valence-electron chi connectivity index (χ1n) is 9.72. The number of carbonyl (C=O) groups is 1. The van der Waals surface area contributed by atoms with Crippen molar-refractivity contribution in [3.8, 4) is 0 Å². The Labute approximate surface area is 192 Å². The normalized spacial score (nSPS) is 17.6. The standard InChI is InChI=1S/C21H24Cl2N2O3S2/c22-18-5-3-16(4-6-18)15-29-13-11-24-21(26)17-2-1-12-25(14-17)30(27,28)20-9-7-19(23)8-10-20/h3-10,17H,1-2,11-15H2,(H,24,26)/t17-/m1/s1. The molecule has 2 aromatic carbocycles. The smallest absolute Gasteiger partial charge is 0.243 e. The van der Waals surface area contributed by atoms with Gasteiger partial charge in [-0.25, -0.2) is 8.42 Å². The third kappa shape index (κ3) is 6.37. The molecule has 5 nitrogen and oxygen atoms in total. The summed E-state index contributed by atoms with van der Waals surface area (Å²) in [4.78, 5) is 12.7. The van der Waals surface area contributed by atoms with Crippen LogP contribution in [0.2, 0.25) is 10.0 Å². The van der Waals surface area contributed by atoms with Crippen LogP contribution in [0, 0.1) is 5.92 Å². The summed E-state index contributed by atoms with van der Waals surface area (Å²) in [5.74, 6) is 1.22. The quantitative estimate of drug-likeness (QED) is 0.559. The molecular formula is C21H24Cl2N2O3S2. The van der Waals surface area contributed by atoms with Crippen LogP contribution in [0.25, 0.3) is 0 Å². The van der Waals surface area contributed by atoms with Crippen molar-refractivity contribution in [1.82, 2.24) is 9.62 Å². The van der Waals surface area contributed by atoms with E-state index in [1.807, 2.05) is 24.3 Å². The Balaban J connectivity index is 1.45. The maximum absolute atomic E-state index is 12.9. The Morgan fingerprint density at radius 1 is 1.07 bits per heavy atom. The van der Waals surface area contributed by atoms with Crippen LogP contribution in [0.1, 0.15) is 18.4 Å². The molecule has 1 N–H and O–H groups in total. The van der Waals surface area contributed by atoms with E-state index < -0.39 is 10.0 Å². The van der Waals surface area contributed by atoms with E-state index in [2.05, 4.69) is 5.32 Å². The average Bonchev–Trinajstić information content (AvgIpc) is 2.75. The SMILES string of the molecule is O=C(NCCSCc1ccc(Cl)cc1)[C@@H]1CCCN(S(=O)(=O)c2ccc(Cl)cc2)C1. The molecule has 0 unspecified atom stereocenters. The highest BCUT2D eigenvalue weighted by molar-refractivity contribution is 7.98. The molecule has 1 fully saturated rings. The molecule has 1 heterocycles. The minimum atomic E-state index is -3.63. The number of nitrogens with one attached hydrogen (secondary N) is 1. The number of halogens is 2. The van der Waals surface area contributed by atoms with Crippen LogP contribution in [0.15, 0.2) is 53.4 Å². The van der Waals surface area contributed by atoms with Crippen LogP contribution in [-0.2, 0) is 20.6 Å². The molecule has 0 radical (unpaired) electrons. The minimum absolute atomic E-state index is 0.0851. The first-order chi connectivity index (χ1) is 14.4. The summed E-state index contributed by atoms with van der Waals surface area (Å²) in [7, 11) is -3.63. The number of benzene rings is 2. The Morgan fingerprint density at radius 2 is 1.70 bits per heavy atom. The number of hydrogen-bond acceptors (Lipinski definition) is 4. The number of sulfonamides is 1. The molecule has 162 valence electrons. The molecule has 9 heteroatoms. The molecule has 1 aliphatic rings. The molecule has 0 bridgehead atoms. The summed E-state index contributed by atoms with van der Waals surface area (Å²) in [5.41, 5.74) is 1.19. The lowest BCUT2D eigenvalue weighted by molar-refractivity contribution is -0.125. The molecule has 30 heavy (non-hydrogen) atoms. The van der Waals surface area contributed by atoms with Gasteiger partial charge in [-0.15, -0.1) is 0 Å². The molecule has 0 saturated carbocycles. The second kappa shape index (κ2) is 10.9. The summed E-state index contributed by atoms with van der Waals surface area (Å²) in [6, 6.07) is 13.8. The fourth-order valence-corrected chi connectivity index (χ4v) is 5.89. The van der Waals surface area contributed by atoms with Gasteiger partial charge in [-0.1, -0.05) is 35.3 Å². The number of carbonyl (C=O) groups excluding carboxylic acids is 1. The highest BCUT2D eigenvalue weighted by atomic mass is 35.5. The van der Waals surface area contributed by atoms with Crippen LogP contribution in [0.4, 0.5) is 0 Å². The predicted molar refractivity (Wildman–Crippen MR) is 124 cm³/mol. The van der Waals surface area contributed by atoms with Gasteiger partial charge in [0.1, 0.15) is 0 Å². The Hall–Kier alpha value is -1.25. The number of nitrogens with zero attached hydrogens (tertiary/aromatic N) is 1. The van der Waals surface area contributed by atoms with Gasteiger partial charge in [-0.3, -0.25) is 4.79 Å². The van der Waals surface area contributed by atoms with E-state index >= 15 is 0 Å². The van der Waals surface area contributed by atoms with Crippen LogP contribution in [0.3, 0.4) is 0 Å². The predicted octanol–water partition coefficient (Wildman–Crippen LogP) is 4.44. The summed E-state index contributed by atoms with van der Waals surface area (Å²) < 4.78 is 27.1. The summed E-state index contributed by atoms with van der Waals surface area (Å²) in [6.45, 7) is 1.18. The van der Waals surface area contributed by atoms with Crippen molar-refractivity contribution in [2.75, 3.05) is 25.4 Å². The fourth-order valence-electron chi connectivity index (χ4n) is 3.29. The molecule has 1 saturated heterocycles. The van der Waals surface area contributed by atoms with E-state index in [0.29, 0.717) is 31.0 Å². The van der Waals surface area contributed by atoms with Gasteiger partial charge >= 0.3 is 0 Å². The first kappa shape index (κ1) is 23.4. The third-order valence-electron chi connectivity index (χ3n) is 4.93. The number of piperidine rings is 1. The molecule has 0 aromatic heterocycles. The number of rotatable bonds is 8. The van der Waals surface area contributed by atoms with Gasteiger partial charge in [-0.05, 0) is 54.8 Å². The lowest BCUT2D eigenvalue weighted by Gasteiger charge is -2.31. The highest BCUT2D eigenvalue weighted by Gasteiger charge is 2.33. The van der Waals surface area contributed by atoms with Crippen LogP contribution < -0.4 is 5.32 Å². The minimum Gasteiger partial charge on any atom is -0.355 e. The molecule has 3 rings (SSSR count). The highest BCUT2D eigenvalue weighted by Crippen LogP contribution is 2.25. The van der Waals surface area contributed by atoms with E-state index in [1.54, 1.807) is 23.9 Å². The Morgan fingerprint density at radius 3 is 2.37 bits per heavy atom. The van der Waals surface area contributed by atoms with Gasteiger partial charge in [-0.2, -0.15) is 16.1 Å². The number of hydrogen-bond donors (Lipinski definition) is 1. The Kier molecular flexibility index (Phi) is 8.48. The molecule has 1 atom stereocenters. The molecule has 1 amide bonds. The van der Waals surface area contributed by atoms with E-state index in [4.69, 9.17) is 23.2 Å². The van der Waals surface area contributed by atoms with Gasteiger partial charge < -0.3 is 5.32 Å². The van der Waals surface area contributed by atoms with Crippen molar-refractivity contribution in [3.05, 3.63) is 64.1 Å². The molecule has 2 aromatic rings. The second-order valence-corrected chi connectivity index (χ2v) is 11.0. The van der Waals surface area contributed by atoms with Gasteiger partial charge in [0.15, 0.2) is 0 Å². The fraction of sp³-hybridized carbons (Fsp3) is 0.381. The van der Waals surface area contributed by atoms with E-state index in [1.165, 1.54) is 22.0 Å². The van der Waals surface area contributed by atoms with Crippen molar-refractivity contribution < 1.29 is 13.2 Å². The zero-order valence-electron chi connectivity index (χ0n) is 16.4. The topological polar surface area (TPSA) is 66.5 Å². The summed E-state index contributed by atoms with van der Waals surface area (Å²) in [5, 5.41) is 4.15. The van der Waals surface area contributed by atoms with E-state index in [-0.39, 0.29) is 23.3 Å².